The summed E-state index contributed by atoms with van der Waals surface area (Å²) < 4.78 is 10.1. The van der Waals surface area contributed by atoms with E-state index in [-0.39, 0.29) is 11.5 Å². The first-order valence-corrected chi connectivity index (χ1v) is 6.20. The third-order valence-electron chi connectivity index (χ3n) is 2.95. The summed E-state index contributed by atoms with van der Waals surface area (Å²) in [6.07, 6.45) is 0.0527. The minimum atomic E-state index is -1.00. The molecule has 2 N–H and O–H groups in total. The second-order valence-electron chi connectivity index (χ2n) is 4.25. The zero-order valence-corrected chi connectivity index (χ0v) is 11.8. The molecule has 0 bridgehead atoms. The van der Waals surface area contributed by atoms with E-state index in [9.17, 15) is 9.59 Å². The Morgan fingerprint density at radius 3 is 2.60 bits per heavy atom. The van der Waals surface area contributed by atoms with Crippen LogP contribution in [0.15, 0.2) is 18.2 Å². The molecule has 1 aromatic rings. The molecule has 0 saturated carbocycles. The maximum absolute atomic E-state index is 11.5. The molecule has 6 nitrogen and oxygen atoms in total. The molecule has 6 heteroatoms. The molecule has 0 fully saturated rings. The van der Waals surface area contributed by atoms with Crippen LogP contribution in [0.1, 0.15) is 22.8 Å². The van der Waals surface area contributed by atoms with E-state index in [1.165, 1.54) is 26.4 Å². The number of carboxylic acid groups (broad SMARTS) is 1. The van der Waals surface area contributed by atoms with Gasteiger partial charge in [0.15, 0.2) is 0 Å². The number of carbonyl (C=O) groups excluding carboxylic acids is 1. The molecule has 1 aromatic carbocycles. The summed E-state index contributed by atoms with van der Waals surface area (Å²) in [7, 11) is 2.95. The van der Waals surface area contributed by atoms with Gasteiger partial charge in [-0.3, -0.25) is 4.79 Å². The van der Waals surface area contributed by atoms with E-state index in [2.05, 4.69) is 5.32 Å². The molecule has 1 unspecified atom stereocenters. The Bertz CT molecular complexity index is 486. The van der Waals surface area contributed by atoms with Crippen molar-refractivity contribution in [3.05, 3.63) is 29.3 Å². The highest BCUT2D eigenvalue weighted by molar-refractivity contribution is 5.88. The summed E-state index contributed by atoms with van der Waals surface area (Å²) in [6, 6.07) is 4.67. The number of carbonyl (C=O) groups is 2. The van der Waals surface area contributed by atoms with E-state index in [1.807, 2.05) is 0 Å². The summed E-state index contributed by atoms with van der Waals surface area (Å²) in [5.74, 6) is -0.690. The first-order chi connectivity index (χ1) is 9.49. The van der Waals surface area contributed by atoms with Gasteiger partial charge in [-0.1, -0.05) is 6.07 Å². The van der Waals surface area contributed by atoms with Crippen LogP contribution in [0, 0.1) is 0 Å². The van der Waals surface area contributed by atoms with Crippen molar-refractivity contribution in [1.29, 1.82) is 0 Å². The number of ether oxygens (including phenoxy) is 2. The third kappa shape index (κ3) is 4.24. The standard InChI is InChI=1S/C14H19NO5/c1-9(19-2)13(16)15-7-6-10-4-5-11(14(17)18)8-12(10)20-3/h4-5,8-9H,6-7H2,1-3H3,(H,15,16)(H,17,18). The number of benzene rings is 1. The van der Waals surface area contributed by atoms with Gasteiger partial charge in [0.25, 0.3) is 0 Å². The van der Waals surface area contributed by atoms with Gasteiger partial charge in [0.1, 0.15) is 11.9 Å². The minimum absolute atomic E-state index is 0.169. The number of hydrogen-bond donors (Lipinski definition) is 2. The minimum Gasteiger partial charge on any atom is -0.496 e. The highest BCUT2D eigenvalue weighted by atomic mass is 16.5. The quantitative estimate of drug-likeness (QED) is 0.781. The molecule has 1 atom stereocenters. The van der Waals surface area contributed by atoms with Gasteiger partial charge in [-0.2, -0.15) is 0 Å². The maximum Gasteiger partial charge on any atom is 0.335 e. The fourth-order valence-electron chi connectivity index (χ4n) is 1.66. The van der Waals surface area contributed by atoms with Crippen molar-refractivity contribution in [3.8, 4) is 5.75 Å². The van der Waals surface area contributed by atoms with E-state index in [0.717, 1.165) is 5.56 Å². The Morgan fingerprint density at radius 2 is 2.05 bits per heavy atom. The molecule has 0 aliphatic heterocycles. The predicted molar refractivity (Wildman–Crippen MR) is 73.1 cm³/mol. The van der Waals surface area contributed by atoms with Gasteiger partial charge < -0.3 is 19.9 Å². The number of methoxy groups -OCH3 is 2. The lowest BCUT2D eigenvalue weighted by molar-refractivity contribution is -0.129. The van der Waals surface area contributed by atoms with Crippen LogP contribution in [0.5, 0.6) is 5.75 Å². The van der Waals surface area contributed by atoms with Crippen LogP contribution in [-0.2, 0) is 16.0 Å². The molecule has 20 heavy (non-hydrogen) atoms. The summed E-state index contributed by atoms with van der Waals surface area (Å²) in [5.41, 5.74) is 1.01. The van der Waals surface area contributed by atoms with Gasteiger partial charge in [0.2, 0.25) is 5.91 Å². The topological polar surface area (TPSA) is 84.9 Å². The van der Waals surface area contributed by atoms with E-state index >= 15 is 0 Å². The lowest BCUT2D eigenvalue weighted by Gasteiger charge is -2.12. The zero-order valence-electron chi connectivity index (χ0n) is 11.8. The van der Waals surface area contributed by atoms with Crippen molar-refractivity contribution in [2.24, 2.45) is 0 Å². The summed E-state index contributed by atoms with van der Waals surface area (Å²) >= 11 is 0. The van der Waals surface area contributed by atoms with Gasteiger partial charge in [0.05, 0.1) is 12.7 Å². The summed E-state index contributed by atoms with van der Waals surface area (Å²) in [5, 5.41) is 11.6. The Kier molecular flexibility index (Phi) is 5.99. The molecule has 0 aliphatic rings. The third-order valence-corrected chi connectivity index (χ3v) is 2.95. The highest BCUT2D eigenvalue weighted by Crippen LogP contribution is 2.20. The number of hydrogen-bond acceptors (Lipinski definition) is 4. The van der Waals surface area contributed by atoms with Crippen LogP contribution in [0.4, 0.5) is 0 Å². The normalized spacial score (nSPS) is 11.8. The molecule has 0 aromatic heterocycles. The van der Waals surface area contributed by atoms with Crippen molar-refractivity contribution in [2.45, 2.75) is 19.4 Å². The number of aromatic carboxylic acids is 1. The molecule has 0 aliphatic carbocycles. The van der Waals surface area contributed by atoms with E-state index in [0.29, 0.717) is 18.7 Å². The van der Waals surface area contributed by atoms with Crippen LogP contribution < -0.4 is 10.1 Å². The van der Waals surface area contributed by atoms with Crippen LogP contribution in [0.25, 0.3) is 0 Å². The van der Waals surface area contributed by atoms with Gasteiger partial charge in [0, 0.05) is 13.7 Å². The first-order valence-electron chi connectivity index (χ1n) is 6.20. The van der Waals surface area contributed by atoms with E-state index in [4.69, 9.17) is 14.6 Å². The van der Waals surface area contributed by atoms with Gasteiger partial charge in [-0.05, 0) is 31.0 Å². The van der Waals surface area contributed by atoms with Crippen LogP contribution >= 0.6 is 0 Å². The lowest BCUT2D eigenvalue weighted by Crippen LogP contribution is -2.35. The smallest absolute Gasteiger partial charge is 0.335 e. The number of carboxylic acids is 1. The Labute approximate surface area is 117 Å². The first kappa shape index (κ1) is 16.0. The van der Waals surface area contributed by atoms with E-state index < -0.39 is 12.1 Å². The van der Waals surface area contributed by atoms with Crippen molar-refractivity contribution in [2.75, 3.05) is 20.8 Å². The molecule has 0 heterocycles. The molecular weight excluding hydrogens is 262 g/mol. The fraction of sp³-hybridized carbons (Fsp3) is 0.429. The monoisotopic (exact) mass is 281 g/mol. The van der Waals surface area contributed by atoms with Crippen molar-refractivity contribution in [1.82, 2.24) is 5.32 Å². The number of rotatable bonds is 7. The Hall–Kier alpha value is -2.08. The van der Waals surface area contributed by atoms with Gasteiger partial charge in [-0.15, -0.1) is 0 Å². The van der Waals surface area contributed by atoms with Crippen molar-refractivity contribution < 1.29 is 24.2 Å². The second-order valence-corrected chi connectivity index (χ2v) is 4.25. The average molecular weight is 281 g/mol. The van der Waals surface area contributed by atoms with Gasteiger partial charge >= 0.3 is 5.97 Å². The van der Waals surface area contributed by atoms with Crippen LogP contribution in [-0.4, -0.2) is 43.9 Å². The Balaban J connectivity index is 2.64. The van der Waals surface area contributed by atoms with Gasteiger partial charge in [-0.25, -0.2) is 4.79 Å². The maximum atomic E-state index is 11.5. The zero-order chi connectivity index (χ0) is 15.1. The molecule has 0 saturated heterocycles. The van der Waals surface area contributed by atoms with E-state index in [1.54, 1.807) is 13.0 Å². The predicted octanol–water partition coefficient (Wildman–Crippen LogP) is 1.09. The molecule has 1 rings (SSSR count). The molecule has 110 valence electrons. The molecule has 0 spiro atoms. The SMILES string of the molecule is COc1cc(C(=O)O)ccc1CCNC(=O)C(C)OC. The van der Waals surface area contributed by atoms with Crippen molar-refractivity contribution in [3.63, 3.8) is 0 Å². The van der Waals surface area contributed by atoms with Crippen LogP contribution in [0.3, 0.4) is 0 Å². The van der Waals surface area contributed by atoms with Crippen molar-refractivity contribution >= 4 is 11.9 Å². The Morgan fingerprint density at radius 1 is 1.35 bits per heavy atom. The fourth-order valence-corrected chi connectivity index (χ4v) is 1.66. The molecule has 1 amide bonds. The highest BCUT2D eigenvalue weighted by Gasteiger charge is 2.12. The largest absolute Gasteiger partial charge is 0.496 e. The second kappa shape index (κ2) is 7.49. The summed E-state index contributed by atoms with van der Waals surface area (Å²) in [4.78, 5) is 22.4. The summed E-state index contributed by atoms with van der Waals surface area (Å²) in [6.45, 7) is 2.09. The lowest BCUT2D eigenvalue weighted by atomic mass is 10.1. The number of nitrogens with one attached hydrogen (secondary N) is 1. The van der Waals surface area contributed by atoms with Crippen LogP contribution in [0.2, 0.25) is 0 Å². The number of amides is 1. The average Bonchev–Trinajstić information content (AvgIpc) is 2.46. The molecule has 0 radical (unpaired) electrons. The molecular formula is C14H19NO5.